The number of aryl methyl sites for hydroxylation is 1. The van der Waals surface area contributed by atoms with Crippen molar-refractivity contribution in [3.8, 4) is 0 Å². The van der Waals surface area contributed by atoms with Gasteiger partial charge in [0.2, 0.25) is 0 Å². The lowest BCUT2D eigenvalue weighted by Gasteiger charge is -2.65. The topological polar surface area (TPSA) is 50.4 Å². The molecule has 0 amide bonds. The van der Waals surface area contributed by atoms with Crippen molar-refractivity contribution >= 4 is 5.97 Å². The number of carboxylic acids is 1. The number of fused-ring (bicyclic) bond motifs is 1. The first-order valence-electron chi connectivity index (χ1n) is 9.20. The van der Waals surface area contributed by atoms with Crippen molar-refractivity contribution in [1.82, 2.24) is 0 Å². The number of carboxylic acid groups (broad SMARTS) is 1. The molecule has 2 aliphatic carbocycles. The quantitative estimate of drug-likeness (QED) is 0.797. The third kappa shape index (κ3) is 2.28. The van der Waals surface area contributed by atoms with Crippen LogP contribution < -0.4 is 0 Å². The van der Waals surface area contributed by atoms with Gasteiger partial charge in [0.1, 0.15) is 0 Å². The standard InChI is InChI=1S/C21H30O3/c1-15-7-11-20(3)17(18(22)23)6-5-10-21(20,4)19(15,2)12-8-16-9-13-24-14-16/h6,9,13-15H,5,7-8,10-12H2,1-4H3,(H,22,23)/t15-,19+,20+,21-/m1/s1. The minimum atomic E-state index is -0.727. The summed E-state index contributed by atoms with van der Waals surface area (Å²) in [7, 11) is 0. The Morgan fingerprint density at radius 1 is 1.33 bits per heavy atom. The molecule has 0 unspecified atom stereocenters. The van der Waals surface area contributed by atoms with Crippen molar-refractivity contribution in [3.05, 3.63) is 35.8 Å². The van der Waals surface area contributed by atoms with Crippen molar-refractivity contribution in [2.24, 2.45) is 22.2 Å². The second-order valence-electron chi connectivity index (χ2n) is 8.61. The minimum absolute atomic E-state index is 0.00384. The molecule has 0 aliphatic heterocycles. The van der Waals surface area contributed by atoms with E-state index in [9.17, 15) is 9.90 Å². The van der Waals surface area contributed by atoms with Gasteiger partial charge in [-0.1, -0.05) is 33.8 Å². The van der Waals surface area contributed by atoms with E-state index in [2.05, 4.69) is 27.7 Å². The van der Waals surface area contributed by atoms with Crippen molar-refractivity contribution in [3.63, 3.8) is 0 Å². The fourth-order valence-corrected chi connectivity index (χ4v) is 5.68. The van der Waals surface area contributed by atoms with Crippen LogP contribution in [0.25, 0.3) is 0 Å². The molecule has 0 saturated heterocycles. The molecule has 24 heavy (non-hydrogen) atoms. The number of hydrogen-bond donors (Lipinski definition) is 1. The highest BCUT2D eigenvalue weighted by Crippen LogP contribution is 2.69. The normalized spacial score (nSPS) is 39.2. The molecule has 0 bridgehead atoms. The van der Waals surface area contributed by atoms with Crippen LogP contribution in [-0.2, 0) is 11.2 Å². The predicted octanol–water partition coefficient (Wildman–Crippen LogP) is 5.47. The summed E-state index contributed by atoms with van der Waals surface area (Å²) in [6, 6.07) is 2.04. The smallest absolute Gasteiger partial charge is 0.331 e. The molecule has 2 aliphatic rings. The fraction of sp³-hybridized carbons (Fsp3) is 0.667. The largest absolute Gasteiger partial charge is 0.478 e. The van der Waals surface area contributed by atoms with E-state index in [4.69, 9.17) is 4.42 Å². The van der Waals surface area contributed by atoms with E-state index in [0.29, 0.717) is 11.5 Å². The van der Waals surface area contributed by atoms with Crippen LogP contribution in [0.15, 0.2) is 34.7 Å². The van der Waals surface area contributed by atoms with Gasteiger partial charge in [-0.2, -0.15) is 0 Å². The zero-order valence-electron chi connectivity index (χ0n) is 15.4. The first-order chi connectivity index (χ1) is 11.2. The van der Waals surface area contributed by atoms with Gasteiger partial charge >= 0.3 is 5.97 Å². The van der Waals surface area contributed by atoms with Gasteiger partial charge in [0.15, 0.2) is 0 Å². The number of furan rings is 1. The molecule has 0 spiro atoms. The van der Waals surface area contributed by atoms with Crippen LogP contribution in [0.1, 0.15) is 65.4 Å². The van der Waals surface area contributed by atoms with Gasteiger partial charge in [-0.05, 0) is 66.9 Å². The van der Waals surface area contributed by atoms with E-state index in [-0.39, 0.29) is 16.2 Å². The van der Waals surface area contributed by atoms with E-state index in [1.165, 1.54) is 5.56 Å². The van der Waals surface area contributed by atoms with Crippen LogP contribution in [0.3, 0.4) is 0 Å². The van der Waals surface area contributed by atoms with Gasteiger partial charge in [0.25, 0.3) is 0 Å². The first kappa shape index (κ1) is 17.3. The average Bonchev–Trinajstić information content (AvgIpc) is 3.05. The second-order valence-corrected chi connectivity index (χ2v) is 8.61. The van der Waals surface area contributed by atoms with Crippen molar-refractivity contribution < 1.29 is 14.3 Å². The Morgan fingerprint density at radius 3 is 2.71 bits per heavy atom. The van der Waals surface area contributed by atoms with Crippen molar-refractivity contribution in [2.75, 3.05) is 0 Å². The Balaban J connectivity index is 1.98. The highest BCUT2D eigenvalue weighted by Gasteiger charge is 2.62. The monoisotopic (exact) mass is 330 g/mol. The van der Waals surface area contributed by atoms with Gasteiger partial charge in [0, 0.05) is 11.0 Å². The summed E-state index contributed by atoms with van der Waals surface area (Å²) in [6.45, 7) is 9.32. The summed E-state index contributed by atoms with van der Waals surface area (Å²) >= 11 is 0. The lowest BCUT2D eigenvalue weighted by atomic mass is 9.39. The third-order valence-electron chi connectivity index (χ3n) is 7.97. The molecule has 3 heteroatoms. The van der Waals surface area contributed by atoms with Gasteiger partial charge < -0.3 is 9.52 Å². The first-order valence-corrected chi connectivity index (χ1v) is 9.20. The molecule has 132 valence electrons. The van der Waals surface area contributed by atoms with Crippen LogP contribution in [-0.4, -0.2) is 11.1 Å². The summed E-state index contributed by atoms with van der Waals surface area (Å²) in [4.78, 5) is 11.9. The fourth-order valence-electron chi connectivity index (χ4n) is 5.68. The van der Waals surface area contributed by atoms with Gasteiger partial charge in [-0.15, -0.1) is 0 Å². The molecular weight excluding hydrogens is 300 g/mol. The SMILES string of the molecule is C[C@@H]1CC[C@@]2(C)C(C(=O)O)=CCC[C@]2(C)[C@@]1(C)CCc1ccoc1. The maximum absolute atomic E-state index is 11.9. The van der Waals surface area contributed by atoms with Crippen molar-refractivity contribution in [2.45, 2.75) is 66.2 Å². The molecule has 1 fully saturated rings. The summed E-state index contributed by atoms with van der Waals surface area (Å²) in [5.74, 6) is -0.134. The second kappa shape index (κ2) is 5.79. The van der Waals surface area contributed by atoms with E-state index in [1.807, 2.05) is 18.4 Å². The number of allylic oxidation sites excluding steroid dienone is 1. The number of carbonyl (C=O) groups is 1. The third-order valence-corrected chi connectivity index (χ3v) is 7.97. The number of aliphatic carboxylic acids is 1. The molecule has 1 N–H and O–H groups in total. The Labute approximate surface area is 145 Å². The molecular formula is C21H30O3. The van der Waals surface area contributed by atoms with E-state index >= 15 is 0 Å². The maximum Gasteiger partial charge on any atom is 0.331 e. The van der Waals surface area contributed by atoms with E-state index < -0.39 is 5.97 Å². The minimum Gasteiger partial charge on any atom is -0.478 e. The Bertz CT molecular complexity index is 644. The lowest BCUT2D eigenvalue weighted by molar-refractivity contribution is -0.149. The van der Waals surface area contributed by atoms with Crippen LogP contribution in [0, 0.1) is 22.2 Å². The maximum atomic E-state index is 11.9. The summed E-state index contributed by atoms with van der Waals surface area (Å²) in [5, 5.41) is 9.79. The van der Waals surface area contributed by atoms with Crippen LogP contribution in [0.2, 0.25) is 0 Å². The molecule has 1 aromatic rings. The number of hydrogen-bond acceptors (Lipinski definition) is 2. The zero-order chi connectivity index (χ0) is 17.6. The summed E-state index contributed by atoms with van der Waals surface area (Å²) in [6.07, 6.45) is 11.6. The van der Waals surface area contributed by atoms with Gasteiger partial charge in [-0.25, -0.2) is 4.79 Å². The Hall–Kier alpha value is -1.51. The Morgan fingerprint density at radius 2 is 2.08 bits per heavy atom. The molecule has 3 nitrogen and oxygen atoms in total. The summed E-state index contributed by atoms with van der Waals surface area (Å²) in [5.41, 5.74) is 1.77. The van der Waals surface area contributed by atoms with Crippen LogP contribution in [0.5, 0.6) is 0 Å². The van der Waals surface area contributed by atoms with Gasteiger partial charge in [0.05, 0.1) is 12.5 Å². The molecule has 0 aromatic carbocycles. The zero-order valence-corrected chi connectivity index (χ0v) is 15.4. The molecule has 1 saturated carbocycles. The molecule has 4 atom stereocenters. The average molecular weight is 330 g/mol. The highest BCUT2D eigenvalue weighted by atomic mass is 16.4. The number of rotatable bonds is 4. The molecule has 0 radical (unpaired) electrons. The van der Waals surface area contributed by atoms with E-state index in [0.717, 1.165) is 38.5 Å². The summed E-state index contributed by atoms with van der Waals surface area (Å²) < 4.78 is 5.23. The molecule has 1 aromatic heterocycles. The van der Waals surface area contributed by atoms with Crippen LogP contribution >= 0.6 is 0 Å². The predicted molar refractivity (Wildman–Crippen MR) is 94.7 cm³/mol. The Kier molecular flexibility index (Phi) is 4.17. The van der Waals surface area contributed by atoms with Crippen molar-refractivity contribution in [1.29, 1.82) is 0 Å². The van der Waals surface area contributed by atoms with E-state index in [1.54, 1.807) is 6.26 Å². The van der Waals surface area contributed by atoms with Crippen LogP contribution in [0.4, 0.5) is 0 Å². The highest BCUT2D eigenvalue weighted by molar-refractivity contribution is 5.88. The molecule has 3 rings (SSSR count). The van der Waals surface area contributed by atoms with Gasteiger partial charge in [-0.3, -0.25) is 0 Å². The molecule has 1 heterocycles. The lowest BCUT2D eigenvalue weighted by Crippen LogP contribution is -2.58.